The van der Waals surface area contributed by atoms with Crippen molar-refractivity contribution in [2.75, 3.05) is 48.4 Å². The van der Waals surface area contributed by atoms with Crippen LogP contribution < -0.4 is 15.5 Å². The van der Waals surface area contributed by atoms with Gasteiger partial charge in [-0.05, 0) is 44.2 Å². The molecule has 2 N–H and O–H groups in total. The SMILES string of the molecule is CCN1CCc2c(nc(-c3ccc(NC(=O)Nc4ccon4)cc3)nc2N2CCOCC2C)C1. The Hall–Kier alpha value is -3.50. The number of hydrogen-bond donors (Lipinski definition) is 2. The minimum atomic E-state index is -0.394. The van der Waals surface area contributed by atoms with E-state index in [1.54, 1.807) is 6.07 Å². The highest BCUT2D eigenvalue weighted by Crippen LogP contribution is 2.31. The number of nitrogens with zero attached hydrogens (tertiary/aromatic N) is 5. The van der Waals surface area contributed by atoms with Crippen molar-refractivity contribution >= 4 is 23.4 Å². The first-order valence-corrected chi connectivity index (χ1v) is 11.7. The summed E-state index contributed by atoms with van der Waals surface area (Å²) < 4.78 is 10.4. The summed E-state index contributed by atoms with van der Waals surface area (Å²) in [5.74, 6) is 2.08. The second kappa shape index (κ2) is 9.78. The highest BCUT2D eigenvalue weighted by atomic mass is 16.5. The lowest BCUT2D eigenvalue weighted by Gasteiger charge is -2.37. The van der Waals surface area contributed by atoms with Gasteiger partial charge in [-0.2, -0.15) is 0 Å². The largest absolute Gasteiger partial charge is 0.377 e. The molecule has 1 fully saturated rings. The fraction of sp³-hybridized carbons (Fsp3) is 0.417. The predicted molar refractivity (Wildman–Crippen MR) is 129 cm³/mol. The van der Waals surface area contributed by atoms with Crippen molar-refractivity contribution in [3.63, 3.8) is 0 Å². The van der Waals surface area contributed by atoms with Crippen molar-refractivity contribution in [1.82, 2.24) is 20.0 Å². The van der Waals surface area contributed by atoms with Gasteiger partial charge in [0.1, 0.15) is 12.1 Å². The molecule has 10 nitrogen and oxygen atoms in total. The molecular weight excluding hydrogens is 434 g/mol. The van der Waals surface area contributed by atoms with Gasteiger partial charge in [-0.3, -0.25) is 10.2 Å². The lowest BCUT2D eigenvalue weighted by molar-refractivity contribution is 0.0983. The van der Waals surface area contributed by atoms with Crippen LogP contribution >= 0.6 is 0 Å². The molecule has 0 saturated carbocycles. The molecule has 2 amide bonds. The Labute approximate surface area is 198 Å². The summed E-state index contributed by atoms with van der Waals surface area (Å²) in [6, 6.07) is 8.99. The van der Waals surface area contributed by atoms with E-state index in [1.165, 1.54) is 11.8 Å². The number of benzene rings is 1. The van der Waals surface area contributed by atoms with E-state index in [-0.39, 0.29) is 6.04 Å². The van der Waals surface area contributed by atoms with Gasteiger partial charge in [0.15, 0.2) is 11.6 Å². The monoisotopic (exact) mass is 463 g/mol. The Morgan fingerprint density at radius 1 is 1.15 bits per heavy atom. The maximum absolute atomic E-state index is 12.2. The van der Waals surface area contributed by atoms with Gasteiger partial charge in [-0.1, -0.05) is 12.1 Å². The minimum absolute atomic E-state index is 0.264. The van der Waals surface area contributed by atoms with E-state index < -0.39 is 6.03 Å². The van der Waals surface area contributed by atoms with Crippen LogP contribution in [0.15, 0.2) is 41.1 Å². The zero-order valence-electron chi connectivity index (χ0n) is 19.5. The molecule has 0 radical (unpaired) electrons. The van der Waals surface area contributed by atoms with Crippen molar-refractivity contribution in [3.05, 3.63) is 47.9 Å². The second-order valence-electron chi connectivity index (χ2n) is 8.57. The molecule has 10 heteroatoms. The van der Waals surface area contributed by atoms with E-state index in [9.17, 15) is 4.79 Å². The quantitative estimate of drug-likeness (QED) is 0.593. The maximum Gasteiger partial charge on any atom is 0.324 e. The number of fused-ring (bicyclic) bond motifs is 1. The number of anilines is 3. The molecule has 0 aliphatic carbocycles. The van der Waals surface area contributed by atoms with Gasteiger partial charge in [0.25, 0.3) is 0 Å². The number of morpholine rings is 1. The standard InChI is InChI=1S/C24H29N7O3/c1-3-30-10-8-19-20(14-30)26-22(28-23(19)31-11-13-33-15-16(31)2)17-4-6-18(7-5-17)25-24(32)27-21-9-12-34-29-21/h4-7,9,12,16H,3,8,10-11,13-15H2,1-2H3,(H2,25,27,29,32). The molecule has 1 atom stereocenters. The van der Waals surface area contributed by atoms with Gasteiger partial charge in [-0.25, -0.2) is 14.8 Å². The topological polar surface area (TPSA) is 109 Å². The van der Waals surface area contributed by atoms with Gasteiger partial charge in [0.2, 0.25) is 0 Å². The van der Waals surface area contributed by atoms with Crippen LogP contribution in [0.1, 0.15) is 25.1 Å². The summed E-state index contributed by atoms with van der Waals surface area (Å²) in [6.45, 7) is 9.44. The van der Waals surface area contributed by atoms with Crippen LogP contribution in [0.2, 0.25) is 0 Å². The van der Waals surface area contributed by atoms with E-state index in [1.807, 2.05) is 24.3 Å². The Morgan fingerprint density at radius 2 is 2.00 bits per heavy atom. The number of nitrogens with one attached hydrogen (secondary N) is 2. The second-order valence-corrected chi connectivity index (χ2v) is 8.57. The third kappa shape index (κ3) is 4.73. The van der Waals surface area contributed by atoms with Crippen molar-refractivity contribution < 1.29 is 14.1 Å². The number of amides is 2. The van der Waals surface area contributed by atoms with Crippen molar-refractivity contribution in [2.45, 2.75) is 32.9 Å². The van der Waals surface area contributed by atoms with Crippen LogP contribution in [0.25, 0.3) is 11.4 Å². The van der Waals surface area contributed by atoms with Gasteiger partial charge < -0.3 is 19.5 Å². The van der Waals surface area contributed by atoms with Gasteiger partial charge >= 0.3 is 6.03 Å². The molecule has 1 aromatic carbocycles. The van der Waals surface area contributed by atoms with Crippen molar-refractivity contribution in [3.8, 4) is 11.4 Å². The fourth-order valence-corrected chi connectivity index (χ4v) is 4.40. The fourth-order valence-electron chi connectivity index (χ4n) is 4.40. The summed E-state index contributed by atoms with van der Waals surface area (Å²) in [4.78, 5) is 26.9. The molecule has 178 valence electrons. The Morgan fingerprint density at radius 3 is 2.74 bits per heavy atom. The number of ether oxygens (including phenoxy) is 1. The molecule has 2 aromatic heterocycles. The summed E-state index contributed by atoms with van der Waals surface area (Å²) in [5, 5.41) is 9.07. The zero-order valence-corrected chi connectivity index (χ0v) is 19.5. The van der Waals surface area contributed by atoms with Crippen molar-refractivity contribution in [2.24, 2.45) is 0 Å². The summed E-state index contributed by atoms with van der Waals surface area (Å²) in [6.07, 6.45) is 2.35. The normalized spacial score (nSPS) is 18.4. The van der Waals surface area contributed by atoms with Crippen LogP contribution in [-0.2, 0) is 17.7 Å². The Balaban J connectivity index is 1.41. The smallest absolute Gasteiger partial charge is 0.324 e. The Bertz CT molecular complexity index is 1130. The minimum Gasteiger partial charge on any atom is -0.377 e. The van der Waals surface area contributed by atoms with Gasteiger partial charge in [0.05, 0.1) is 24.9 Å². The molecule has 1 saturated heterocycles. The number of carbonyl (C=O) groups excluding carboxylic acids is 1. The molecule has 1 unspecified atom stereocenters. The molecular formula is C24H29N7O3. The summed E-state index contributed by atoms with van der Waals surface area (Å²) in [5.41, 5.74) is 3.91. The highest BCUT2D eigenvalue weighted by Gasteiger charge is 2.28. The van der Waals surface area contributed by atoms with Crippen LogP contribution in [-0.4, -0.2) is 64.9 Å². The first kappa shape index (κ1) is 22.3. The molecule has 0 spiro atoms. The lowest BCUT2D eigenvalue weighted by Crippen LogP contribution is -2.45. The van der Waals surface area contributed by atoms with Crippen molar-refractivity contribution in [1.29, 1.82) is 0 Å². The molecule has 5 rings (SSSR count). The number of aromatic nitrogens is 3. The van der Waals surface area contributed by atoms with E-state index in [4.69, 9.17) is 19.2 Å². The molecule has 34 heavy (non-hydrogen) atoms. The van der Waals surface area contributed by atoms with Crippen LogP contribution in [0.5, 0.6) is 0 Å². The van der Waals surface area contributed by atoms with Gasteiger partial charge in [-0.15, -0.1) is 0 Å². The van der Waals surface area contributed by atoms with E-state index >= 15 is 0 Å². The highest BCUT2D eigenvalue weighted by molar-refractivity contribution is 5.99. The number of urea groups is 1. The van der Waals surface area contributed by atoms with Crippen LogP contribution in [0.4, 0.5) is 22.1 Å². The third-order valence-electron chi connectivity index (χ3n) is 6.29. The van der Waals surface area contributed by atoms with Gasteiger partial charge in [0, 0.05) is 42.5 Å². The number of rotatable bonds is 5. The third-order valence-corrected chi connectivity index (χ3v) is 6.29. The molecule has 2 aliphatic rings. The van der Waals surface area contributed by atoms with E-state index in [2.05, 4.69) is 39.4 Å². The molecule has 3 aromatic rings. The Kier molecular flexibility index (Phi) is 6.41. The van der Waals surface area contributed by atoms with E-state index in [0.29, 0.717) is 30.5 Å². The van der Waals surface area contributed by atoms with Crippen LogP contribution in [0.3, 0.4) is 0 Å². The van der Waals surface area contributed by atoms with Crippen LogP contribution in [0, 0.1) is 0 Å². The average Bonchev–Trinajstić information content (AvgIpc) is 3.36. The number of likely N-dealkylation sites (N-methyl/N-ethyl adjacent to an activating group) is 1. The maximum atomic E-state index is 12.2. The first-order valence-electron chi connectivity index (χ1n) is 11.7. The summed E-state index contributed by atoms with van der Waals surface area (Å²) in [7, 11) is 0. The predicted octanol–water partition coefficient (Wildman–Crippen LogP) is 3.38. The van der Waals surface area contributed by atoms with E-state index in [0.717, 1.165) is 49.7 Å². The first-order chi connectivity index (χ1) is 16.6. The summed E-state index contributed by atoms with van der Waals surface area (Å²) >= 11 is 0. The number of carbonyl (C=O) groups is 1. The molecule has 4 heterocycles. The lowest BCUT2D eigenvalue weighted by atomic mass is 10.0. The molecule has 2 aliphatic heterocycles. The molecule has 0 bridgehead atoms. The number of hydrogen-bond acceptors (Lipinski definition) is 8. The zero-order chi connectivity index (χ0) is 23.5. The average molecular weight is 464 g/mol.